The highest BCUT2D eigenvalue weighted by Gasteiger charge is 2.39. The zero-order valence-electron chi connectivity index (χ0n) is 12.7. The van der Waals surface area contributed by atoms with Crippen LogP contribution in [0.1, 0.15) is 28.1 Å². The summed E-state index contributed by atoms with van der Waals surface area (Å²) in [7, 11) is 0. The lowest BCUT2D eigenvalue weighted by Crippen LogP contribution is -2.30. The van der Waals surface area contributed by atoms with Gasteiger partial charge >= 0.3 is 5.95 Å². The number of ketones is 1. The van der Waals surface area contributed by atoms with Gasteiger partial charge in [-0.3, -0.25) is 4.79 Å². The van der Waals surface area contributed by atoms with Crippen LogP contribution in [0.15, 0.2) is 41.1 Å². The van der Waals surface area contributed by atoms with Crippen molar-refractivity contribution in [2.24, 2.45) is 0 Å². The minimum absolute atomic E-state index is 0.180. The molecule has 0 unspecified atom stereocenters. The van der Waals surface area contributed by atoms with Gasteiger partial charge in [-0.15, -0.1) is 22.7 Å². The smallest absolute Gasteiger partial charge is 0.390 e. The summed E-state index contributed by atoms with van der Waals surface area (Å²) in [5, 5.41) is 25.7. The van der Waals surface area contributed by atoms with Crippen LogP contribution in [0.2, 0.25) is 0 Å². The van der Waals surface area contributed by atoms with Crippen molar-refractivity contribution < 1.29 is 9.72 Å². The molecular weight excluding hydrogens is 362 g/mol. The van der Waals surface area contributed by atoms with Gasteiger partial charge in [0.15, 0.2) is 11.8 Å². The summed E-state index contributed by atoms with van der Waals surface area (Å²) in [5.41, 5.74) is 0.962. The summed E-state index contributed by atoms with van der Waals surface area (Å²) >= 11 is 3.12. The number of hydrogen-bond acceptors (Lipinski definition) is 8. The number of aromatic nitrogens is 4. The van der Waals surface area contributed by atoms with E-state index in [0.29, 0.717) is 6.42 Å². The monoisotopic (exact) mass is 373 g/mol. The Labute approximate surface area is 149 Å². The molecule has 2 atom stereocenters. The maximum atomic E-state index is 12.8. The second-order valence-corrected chi connectivity index (χ2v) is 7.41. The number of hydrogen-bond donors (Lipinski definition) is 0. The van der Waals surface area contributed by atoms with Gasteiger partial charge in [0.2, 0.25) is 0 Å². The summed E-state index contributed by atoms with van der Waals surface area (Å²) < 4.78 is 0. The van der Waals surface area contributed by atoms with E-state index in [4.69, 9.17) is 0 Å². The summed E-state index contributed by atoms with van der Waals surface area (Å²) in [4.78, 5) is 26.1. The Morgan fingerprint density at radius 1 is 1.24 bits per heavy atom. The molecule has 4 rings (SSSR count). The van der Waals surface area contributed by atoms with Crippen LogP contribution < -0.4 is 0 Å². The van der Waals surface area contributed by atoms with Crippen molar-refractivity contribution in [3.05, 3.63) is 61.0 Å². The van der Waals surface area contributed by atoms with Crippen molar-refractivity contribution >= 4 is 40.0 Å². The molecule has 3 aromatic rings. The minimum atomic E-state index is -0.733. The average Bonchev–Trinajstić information content (AvgIpc) is 3.34. The Kier molecular flexibility index (Phi) is 3.98. The molecule has 126 valence electrons. The number of nitro groups is 1. The topological polar surface area (TPSA) is 104 Å². The van der Waals surface area contributed by atoms with Crippen LogP contribution in [-0.4, -0.2) is 30.9 Å². The fourth-order valence-corrected chi connectivity index (χ4v) is 4.55. The first-order valence-electron chi connectivity index (χ1n) is 7.39. The van der Waals surface area contributed by atoms with Crippen LogP contribution in [0, 0.1) is 10.1 Å². The number of carbonyl (C=O) groups excluding carboxylic acids is 1. The SMILES string of the molecule is O=C1C=C(c2cccs2)C[C@H](c2cccs2)[C@H]1n1nnc([N+](=O)[O-])n1. The highest BCUT2D eigenvalue weighted by atomic mass is 32.1. The lowest BCUT2D eigenvalue weighted by atomic mass is 9.82. The molecule has 0 spiro atoms. The number of allylic oxidation sites excluding steroid dienone is 2. The predicted octanol–water partition coefficient (Wildman–Crippen LogP) is 3.09. The quantitative estimate of drug-likeness (QED) is 0.514. The van der Waals surface area contributed by atoms with Crippen molar-refractivity contribution in [3.8, 4) is 0 Å². The van der Waals surface area contributed by atoms with Gasteiger partial charge in [-0.25, -0.2) is 0 Å². The molecule has 3 heterocycles. The van der Waals surface area contributed by atoms with Gasteiger partial charge in [0.05, 0.1) is 10.2 Å². The molecule has 0 aromatic carbocycles. The van der Waals surface area contributed by atoms with Crippen molar-refractivity contribution in [3.63, 3.8) is 0 Å². The predicted molar refractivity (Wildman–Crippen MR) is 92.5 cm³/mol. The van der Waals surface area contributed by atoms with Crippen molar-refractivity contribution in [1.82, 2.24) is 20.2 Å². The zero-order valence-corrected chi connectivity index (χ0v) is 14.3. The van der Waals surface area contributed by atoms with Crippen LogP contribution in [0.5, 0.6) is 0 Å². The van der Waals surface area contributed by atoms with E-state index in [9.17, 15) is 14.9 Å². The normalized spacial score (nSPS) is 20.5. The third kappa shape index (κ3) is 2.89. The number of tetrazole rings is 1. The van der Waals surface area contributed by atoms with Crippen LogP contribution in [0.4, 0.5) is 5.95 Å². The highest BCUT2D eigenvalue weighted by Crippen LogP contribution is 2.43. The Morgan fingerprint density at radius 3 is 2.68 bits per heavy atom. The molecule has 0 fully saturated rings. The molecular formula is C15H11N5O3S2. The van der Waals surface area contributed by atoms with Gasteiger partial charge in [0.1, 0.15) is 0 Å². The van der Waals surface area contributed by atoms with Gasteiger partial charge in [-0.1, -0.05) is 16.9 Å². The molecule has 0 N–H and O–H groups in total. The molecule has 0 radical (unpaired) electrons. The molecule has 1 aliphatic rings. The van der Waals surface area contributed by atoms with Crippen LogP contribution >= 0.6 is 22.7 Å². The van der Waals surface area contributed by atoms with E-state index < -0.39 is 16.9 Å². The van der Waals surface area contributed by atoms with E-state index in [2.05, 4.69) is 15.4 Å². The Bertz CT molecular complexity index is 946. The first kappa shape index (κ1) is 15.8. The summed E-state index contributed by atoms with van der Waals surface area (Å²) in [5.74, 6) is -0.977. The van der Waals surface area contributed by atoms with Crippen molar-refractivity contribution in [2.75, 3.05) is 0 Å². The van der Waals surface area contributed by atoms with E-state index >= 15 is 0 Å². The molecule has 0 saturated heterocycles. The number of thiophene rings is 2. The summed E-state index contributed by atoms with van der Waals surface area (Å²) in [6.45, 7) is 0. The summed E-state index contributed by atoms with van der Waals surface area (Å²) in [6, 6.07) is 7.07. The fourth-order valence-electron chi connectivity index (χ4n) is 2.94. The van der Waals surface area contributed by atoms with E-state index in [0.717, 1.165) is 20.1 Å². The molecule has 1 aliphatic carbocycles. The van der Waals surface area contributed by atoms with Crippen molar-refractivity contribution in [2.45, 2.75) is 18.4 Å². The fraction of sp³-hybridized carbons (Fsp3) is 0.200. The second-order valence-electron chi connectivity index (χ2n) is 5.49. The molecule has 3 aromatic heterocycles. The standard InChI is InChI=1S/C15H11N5O3S2/c21-11-8-9(12-3-1-5-24-12)7-10(13-4-2-6-25-13)14(11)19-17-15(16-18-19)20(22)23/h1-6,8,10,14H,7H2/t10-,14-/m1/s1. The number of carbonyl (C=O) groups is 1. The average molecular weight is 373 g/mol. The van der Waals surface area contributed by atoms with Crippen LogP contribution in [0.25, 0.3) is 5.57 Å². The van der Waals surface area contributed by atoms with Gasteiger partial charge in [-0.05, 0) is 45.9 Å². The maximum Gasteiger partial charge on any atom is 0.514 e. The Morgan fingerprint density at radius 2 is 2.04 bits per heavy atom. The molecule has 0 amide bonds. The largest absolute Gasteiger partial charge is 0.514 e. The van der Waals surface area contributed by atoms with Gasteiger partial charge in [0, 0.05) is 20.9 Å². The zero-order chi connectivity index (χ0) is 17.4. The lowest BCUT2D eigenvalue weighted by Gasteiger charge is -2.27. The first-order valence-corrected chi connectivity index (χ1v) is 9.15. The molecule has 0 aliphatic heterocycles. The maximum absolute atomic E-state index is 12.8. The van der Waals surface area contributed by atoms with Crippen LogP contribution in [0.3, 0.4) is 0 Å². The van der Waals surface area contributed by atoms with Gasteiger partial charge in [-0.2, -0.15) is 0 Å². The third-order valence-electron chi connectivity index (χ3n) is 4.01. The molecule has 8 nitrogen and oxygen atoms in total. The number of rotatable bonds is 4. The van der Waals surface area contributed by atoms with E-state index in [-0.39, 0.29) is 11.7 Å². The molecule has 25 heavy (non-hydrogen) atoms. The van der Waals surface area contributed by atoms with Gasteiger partial charge < -0.3 is 10.1 Å². The molecule has 0 bridgehead atoms. The Hall–Kier alpha value is -2.72. The first-order chi connectivity index (χ1) is 12.1. The third-order valence-corrected chi connectivity index (χ3v) is 5.95. The van der Waals surface area contributed by atoms with E-state index in [1.807, 2.05) is 35.0 Å². The van der Waals surface area contributed by atoms with E-state index in [1.165, 1.54) is 0 Å². The van der Waals surface area contributed by atoms with Crippen LogP contribution in [-0.2, 0) is 4.79 Å². The molecule has 0 saturated carbocycles. The highest BCUT2D eigenvalue weighted by molar-refractivity contribution is 7.11. The van der Waals surface area contributed by atoms with Gasteiger partial charge in [0.25, 0.3) is 0 Å². The molecule has 10 heteroatoms. The lowest BCUT2D eigenvalue weighted by molar-refractivity contribution is -0.394. The second kappa shape index (κ2) is 6.30. The summed E-state index contributed by atoms with van der Waals surface area (Å²) in [6.07, 6.45) is 2.22. The van der Waals surface area contributed by atoms with E-state index in [1.54, 1.807) is 28.7 Å². The minimum Gasteiger partial charge on any atom is -0.390 e. The number of nitrogens with zero attached hydrogens (tertiary/aromatic N) is 5. The Balaban J connectivity index is 1.77. The van der Waals surface area contributed by atoms with Crippen molar-refractivity contribution in [1.29, 1.82) is 0 Å².